The van der Waals surface area contributed by atoms with E-state index >= 15 is 0 Å². The fourth-order valence-electron chi connectivity index (χ4n) is 2.86. The molecular weight excluding hydrogens is 338 g/mol. The van der Waals surface area contributed by atoms with Gasteiger partial charge in [0.15, 0.2) is 5.16 Å². The first-order valence-corrected chi connectivity index (χ1v) is 9.54. The van der Waals surface area contributed by atoms with Gasteiger partial charge in [0.05, 0.1) is 0 Å². The highest BCUT2D eigenvalue weighted by Crippen LogP contribution is 2.40. The molecular formula is C14H24BrN3OS. The van der Waals surface area contributed by atoms with Crippen molar-refractivity contribution in [2.24, 2.45) is 5.41 Å². The first kappa shape index (κ1) is 16.1. The van der Waals surface area contributed by atoms with Crippen LogP contribution in [0.2, 0.25) is 0 Å². The Morgan fingerprint density at radius 3 is 2.55 bits per heavy atom. The SMILES string of the molecule is CC(C)n1c(SCC2(CBr)CCCCCC2)n[nH]c1=O. The molecule has 0 unspecified atom stereocenters. The summed E-state index contributed by atoms with van der Waals surface area (Å²) in [4.78, 5) is 11.8. The number of hydrogen-bond donors (Lipinski definition) is 1. The van der Waals surface area contributed by atoms with Crippen LogP contribution in [0.15, 0.2) is 9.95 Å². The van der Waals surface area contributed by atoms with E-state index < -0.39 is 0 Å². The van der Waals surface area contributed by atoms with Gasteiger partial charge in [-0.05, 0) is 32.1 Å². The molecule has 6 heteroatoms. The van der Waals surface area contributed by atoms with Crippen molar-refractivity contribution < 1.29 is 0 Å². The Balaban J connectivity index is 2.08. The highest BCUT2D eigenvalue weighted by molar-refractivity contribution is 9.09. The Morgan fingerprint density at radius 2 is 2.00 bits per heavy atom. The van der Waals surface area contributed by atoms with Crippen LogP contribution in [0.25, 0.3) is 0 Å². The van der Waals surface area contributed by atoms with E-state index in [1.54, 1.807) is 16.3 Å². The zero-order valence-corrected chi connectivity index (χ0v) is 14.7. The fourth-order valence-corrected chi connectivity index (χ4v) is 5.25. The predicted molar refractivity (Wildman–Crippen MR) is 87.9 cm³/mol. The van der Waals surface area contributed by atoms with Crippen LogP contribution in [-0.4, -0.2) is 25.8 Å². The number of hydrogen-bond acceptors (Lipinski definition) is 3. The smallest absolute Gasteiger partial charge is 0.268 e. The maximum atomic E-state index is 11.8. The van der Waals surface area contributed by atoms with Crippen molar-refractivity contribution >= 4 is 27.7 Å². The maximum absolute atomic E-state index is 11.8. The van der Waals surface area contributed by atoms with Crippen LogP contribution in [0.3, 0.4) is 0 Å². The normalized spacial score (nSPS) is 19.2. The Labute approximate surface area is 133 Å². The van der Waals surface area contributed by atoms with Crippen LogP contribution >= 0.6 is 27.7 Å². The molecule has 1 N–H and O–H groups in total. The number of nitrogens with zero attached hydrogens (tertiary/aromatic N) is 2. The summed E-state index contributed by atoms with van der Waals surface area (Å²) in [7, 11) is 0. The second-order valence-corrected chi connectivity index (χ2v) is 7.61. The van der Waals surface area contributed by atoms with Gasteiger partial charge < -0.3 is 0 Å². The Kier molecular flexibility index (Phi) is 5.78. The van der Waals surface area contributed by atoms with E-state index in [1.807, 2.05) is 13.8 Å². The van der Waals surface area contributed by atoms with Crippen molar-refractivity contribution in [1.82, 2.24) is 14.8 Å². The van der Waals surface area contributed by atoms with Crippen LogP contribution in [0.4, 0.5) is 0 Å². The van der Waals surface area contributed by atoms with E-state index in [0.29, 0.717) is 5.41 Å². The van der Waals surface area contributed by atoms with Gasteiger partial charge in [-0.2, -0.15) is 0 Å². The van der Waals surface area contributed by atoms with Crippen molar-refractivity contribution in [2.45, 2.75) is 63.6 Å². The van der Waals surface area contributed by atoms with Crippen LogP contribution in [0, 0.1) is 5.41 Å². The molecule has 4 nitrogen and oxygen atoms in total. The number of H-pyrrole nitrogens is 1. The van der Waals surface area contributed by atoms with Crippen LogP contribution in [0.5, 0.6) is 0 Å². The molecule has 1 aliphatic rings. The molecule has 0 spiro atoms. The van der Waals surface area contributed by atoms with E-state index in [2.05, 4.69) is 26.1 Å². The fraction of sp³-hybridized carbons (Fsp3) is 0.857. The molecule has 20 heavy (non-hydrogen) atoms. The minimum Gasteiger partial charge on any atom is -0.268 e. The molecule has 0 aromatic carbocycles. The molecule has 1 aromatic rings. The van der Waals surface area contributed by atoms with Crippen molar-refractivity contribution in [2.75, 3.05) is 11.1 Å². The zero-order valence-electron chi connectivity index (χ0n) is 12.3. The number of aromatic amines is 1. The maximum Gasteiger partial charge on any atom is 0.344 e. The average Bonchev–Trinajstić information content (AvgIpc) is 2.66. The Bertz CT molecular complexity index is 475. The quantitative estimate of drug-likeness (QED) is 0.490. The number of rotatable bonds is 5. The summed E-state index contributed by atoms with van der Waals surface area (Å²) in [5.41, 5.74) is 0.258. The summed E-state index contributed by atoms with van der Waals surface area (Å²) in [6.07, 6.45) is 7.92. The zero-order chi connectivity index (χ0) is 14.6. The number of aromatic nitrogens is 3. The van der Waals surface area contributed by atoms with Gasteiger partial charge in [0.25, 0.3) is 0 Å². The summed E-state index contributed by atoms with van der Waals surface area (Å²) in [6, 6.07) is 0.151. The molecule has 0 atom stereocenters. The van der Waals surface area contributed by atoms with Crippen molar-refractivity contribution in [3.05, 3.63) is 10.5 Å². The average molecular weight is 362 g/mol. The van der Waals surface area contributed by atoms with E-state index in [-0.39, 0.29) is 11.7 Å². The van der Waals surface area contributed by atoms with Crippen LogP contribution < -0.4 is 5.69 Å². The molecule has 0 aliphatic heterocycles. The number of nitrogens with one attached hydrogen (secondary N) is 1. The van der Waals surface area contributed by atoms with E-state index in [1.165, 1.54) is 38.5 Å². The molecule has 0 radical (unpaired) electrons. The lowest BCUT2D eigenvalue weighted by atomic mass is 9.85. The minimum absolute atomic E-state index is 0.101. The van der Waals surface area contributed by atoms with Gasteiger partial charge >= 0.3 is 5.69 Å². The van der Waals surface area contributed by atoms with Crippen LogP contribution in [0.1, 0.15) is 58.4 Å². The first-order valence-electron chi connectivity index (χ1n) is 7.44. The van der Waals surface area contributed by atoms with Crippen molar-refractivity contribution in [3.8, 4) is 0 Å². The molecule has 1 aromatic heterocycles. The van der Waals surface area contributed by atoms with Gasteiger partial charge in [-0.25, -0.2) is 9.89 Å². The largest absolute Gasteiger partial charge is 0.344 e. The van der Waals surface area contributed by atoms with Gasteiger partial charge in [0.2, 0.25) is 0 Å². The van der Waals surface area contributed by atoms with E-state index in [0.717, 1.165) is 16.2 Å². The monoisotopic (exact) mass is 361 g/mol. The third kappa shape index (κ3) is 3.70. The molecule has 0 amide bonds. The van der Waals surface area contributed by atoms with Crippen LogP contribution in [-0.2, 0) is 0 Å². The van der Waals surface area contributed by atoms with Gasteiger partial charge in [-0.3, -0.25) is 4.57 Å². The molecule has 0 bridgehead atoms. The second kappa shape index (κ2) is 7.16. The molecule has 1 heterocycles. The topological polar surface area (TPSA) is 50.7 Å². The Hall–Kier alpha value is -0.230. The molecule has 1 saturated carbocycles. The molecule has 1 aliphatic carbocycles. The number of halogens is 1. The highest BCUT2D eigenvalue weighted by Gasteiger charge is 2.30. The molecule has 114 valence electrons. The highest BCUT2D eigenvalue weighted by atomic mass is 79.9. The van der Waals surface area contributed by atoms with Gasteiger partial charge in [-0.1, -0.05) is 53.4 Å². The standard InChI is InChI=1S/C14H24BrN3OS/c1-11(2)18-12(19)16-17-13(18)20-10-14(9-15)7-5-3-4-6-8-14/h11H,3-10H2,1-2H3,(H,16,19). The lowest BCUT2D eigenvalue weighted by Crippen LogP contribution is -2.26. The predicted octanol–water partition coefficient (Wildman–Crippen LogP) is 3.98. The molecule has 0 saturated heterocycles. The lowest BCUT2D eigenvalue weighted by Gasteiger charge is -2.30. The second-order valence-electron chi connectivity index (χ2n) is 6.11. The van der Waals surface area contributed by atoms with Gasteiger partial charge in [0, 0.05) is 17.1 Å². The van der Waals surface area contributed by atoms with E-state index in [9.17, 15) is 4.79 Å². The summed E-state index contributed by atoms with van der Waals surface area (Å²) in [6.45, 7) is 4.04. The lowest BCUT2D eigenvalue weighted by molar-refractivity contribution is 0.333. The third-order valence-electron chi connectivity index (χ3n) is 4.14. The number of thioether (sulfide) groups is 1. The number of alkyl halides is 1. The van der Waals surface area contributed by atoms with Gasteiger partial charge in [-0.15, -0.1) is 5.10 Å². The van der Waals surface area contributed by atoms with Crippen molar-refractivity contribution in [3.63, 3.8) is 0 Å². The summed E-state index contributed by atoms with van der Waals surface area (Å²) < 4.78 is 1.75. The van der Waals surface area contributed by atoms with Crippen molar-refractivity contribution in [1.29, 1.82) is 0 Å². The Morgan fingerprint density at radius 1 is 1.35 bits per heavy atom. The summed E-state index contributed by atoms with van der Waals surface area (Å²) >= 11 is 5.44. The third-order valence-corrected chi connectivity index (χ3v) is 6.64. The summed E-state index contributed by atoms with van der Waals surface area (Å²) in [5.74, 6) is 1.04. The van der Waals surface area contributed by atoms with Gasteiger partial charge in [0.1, 0.15) is 0 Å². The minimum atomic E-state index is -0.101. The molecule has 2 rings (SSSR count). The van der Waals surface area contributed by atoms with E-state index in [4.69, 9.17) is 0 Å². The molecule has 1 fully saturated rings. The first-order chi connectivity index (χ1) is 9.58. The summed E-state index contributed by atoms with van der Waals surface area (Å²) in [5, 5.41) is 8.63.